The fraction of sp³-hybridized carbons (Fsp3) is 0.294. The van der Waals surface area contributed by atoms with Gasteiger partial charge in [-0.25, -0.2) is 4.79 Å². The standard InChI is InChI=1S/C17H19BrN2O3/c1-4-23-17(22)13-9-11(2)20(12(13)3)10-16(21)19-15-8-6-5-7-14(15)18/h5-9H,4,10H2,1-3H3,(H,19,21). The third kappa shape index (κ3) is 4.01. The first-order valence-electron chi connectivity index (χ1n) is 7.32. The molecule has 1 aromatic heterocycles. The molecule has 0 saturated carbocycles. The van der Waals surface area contributed by atoms with Crippen molar-refractivity contribution in [3.63, 3.8) is 0 Å². The minimum atomic E-state index is -0.363. The smallest absolute Gasteiger partial charge is 0.339 e. The van der Waals surface area contributed by atoms with E-state index in [4.69, 9.17) is 4.74 Å². The molecular formula is C17H19BrN2O3. The third-order valence-electron chi connectivity index (χ3n) is 3.52. The lowest BCUT2D eigenvalue weighted by molar-refractivity contribution is -0.116. The highest BCUT2D eigenvalue weighted by atomic mass is 79.9. The Labute approximate surface area is 143 Å². The first kappa shape index (κ1) is 17.3. The Kier molecular flexibility index (Phi) is 5.60. The third-order valence-corrected chi connectivity index (χ3v) is 4.21. The molecule has 0 atom stereocenters. The first-order valence-corrected chi connectivity index (χ1v) is 8.11. The van der Waals surface area contributed by atoms with Gasteiger partial charge in [-0.15, -0.1) is 0 Å². The minimum absolute atomic E-state index is 0.137. The maximum atomic E-state index is 12.3. The molecule has 0 radical (unpaired) electrons. The molecule has 2 rings (SSSR count). The van der Waals surface area contributed by atoms with Crippen molar-refractivity contribution in [2.75, 3.05) is 11.9 Å². The van der Waals surface area contributed by atoms with Crippen LogP contribution < -0.4 is 5.32 Å². The quantitative estimate of drug-likeness (QED) is 0.807. The van der Waals surface area contributed by atoms with Gasteiger partial charge in [0.15, 0.2) is 0 Å². The summed E-state index contributed by atoms with van der Waals surface area (Å²) < 4.78 is 7.66. The highest BCUT2D eigenvalue weighted by Gasteiger charge is 2.18. The topological polar surface area (TPSA) is 60.3 Å². The van der Waals surface area contributed by atoms with Crippen molar-refractivity contribution in [2.45, 2.75) is 27.3 Å². The number of anilines is 1. The number of carbonyl (C=O) groups excluding carboxylic acids is 2. The predicted molar refractivity (Wildman–Crippen MR) is 92.6 cm³/mol. The highest BCUT2D eigenvalue weighted by Crippen LogP contribution is 2.22. The average molecular weight is 379 g/mol. The van der Waals surface area contributed by atoms with Crippen LogP contribution in [0.4, 0.5) is 5.69 Å². The molecule has 1 heterocycles. The number of aromatic nitrogens is 1. The highest BCUT2D eigenvalue weighted by molar-refractivity contribution is 9.10. The van der Waals surface area contributed by atoms with E-state index in [1.165, 1.54) is 0 Å². The van der Waals surface area contributed by atoms with Crippen molar-refractivity contribution in [3.05, 3.63) is 51.8 Å². The fourth-order valence-electron chi connectivity index (χ4n) is 2.36. The van der Waals surface area contributed by atoms with E-state index in [1.807, 2.05) is 38.1 Å². The van der Waals surface area contributed by atoms with Gasteiger partial charge in [-0.3, -0.25) is 4.79 Å². The Morgan fingerprint density at radius 2 is 1.96 bits per heavy atom. The number of nitrogens with zero attached hydrogens (tertiary/aromatic N) is 1. The first-order chi connectivity index (χ1) is 10.9. The SMILES string of the molecule is CCOC(=O)c1cc(C)n(CC(=O)Nc2ccccc2Br)c1C. The number of aryl methyl sites for hydroxylation is 1. The number of rotatable bonds is 5. The summed E-state index contributed by atoms with van der Waals surface area (Å²) in [4.78, 5) is 24.2. The molecular weight excluding hydrogens is 360 g/mol. The summed E-state index contributed by atoms with van der Waals surface area (Å²) in [5, 5.41) is 2.85. The largest absolute Gasteiger partial charge is 0.462 e. The average Bonchev–Trinajstić information content (AvgIpc) is 2.78. The maximum Gasteiger partial charge on any atom is 0.339 e. The second kappa shape index (κ2) is 7.46. The number of halogens is 1. The predicted octanol–water partition coefficient (Wildman–Crippen LogP) is 3.68. The van der Waals surface area contributed by atoms with Gasteiger partial charge < -0.3 is 14.6 Å². The van der Waals surface area contributed by atoms with Crippen LogP contribution in [-0.4, -0.2) is 23.1 Å². The Hall–Kier alpha value is -2.08. The van der Waals surface area contributed by atoms with Gasteiger partial charge in [0.25, 0.3) is 0 Å². The van der Waals surface area contributed by atoms with Crippen LogP contribution in [0.1, 0.15) is 28.7 Å². The Balaban J connectivity index is 2.15. The van der Waals surface area contributed by atoms with Crippen LogP contribution in [0.25, 0.3) is 0 Å². The van der Waals surface area contributed by atoms with Crippen LogP contribution in [0.2, 0.25) is 0 Å². The number of benzene rings is 1. The maximum absolute atomic E-state index is 12.3. The molecule has 1 aromatic carbocycles. The van der Waals surface area contributed by atoms with Crippen LogP contribution in [0.5, 0.6) is 0 Å². The summed E-state index contributed by atoms with van der Waals surface area (Å²) in [7, 11) is 0. The molecule has 0 spiro atoms. The van der Waals surface area contributed by atoms with Crippen molar-refractivity contribution in [2.24, 2.45) is 0 Å². The number of para-hydroxylation sites is 1. The van der Waals surface area contributed by atoms with E-state index in [-0.39, 0.29) is 18.4 Å². The summed E-state index contributed by atoms with van der Waals surface area (Å²) in [5.41, 5.74) is 2.78. The minimum Gasteiger partial charge on any atom is -0.462 e. The molecule has 5 nitrogen and oxygen atoms in total. The van der Waals surface area contributed by atoms with Gasteiger partial charge in [-0.2, -0.15) is 0 Å². The van der Waals surface area contributed by atoms with Crippen molar-refractivity contribution in [1.29, 1.82) is 0 Å². The van der Waals surface area contributed by atoms with E-state index >= 15 is 0 Å². The molecule has 0 saturated heterocycles. The van der Waals surface area contributed by atoms with E-state index in [1.54, 1.807) is 17.6 Å². The van der Waals surface area contributed by atoms with Gasteiger partial charge in [0.05, 0.1) is 17.9 Å². The van der Waals surface area contributed by atoms with Gasteiger partial charge >= 0.3 is 5.97 Å². The summed E-state index contributed by atoms with van der Waals surface area (Å²) in [6.45, 7) is 5.90. The summed E-state index contributed by atoms with van der Waals surface area (Å²) in [6.07, 6.45) is 0. The molecule has 6 heteroatoms. The summed E-state index contributed by atoms with van der Waals surface area (Å²) in [6, 6.07) is 9.16. The van der Waals surface area contributed by atoms with Gasteiger partial charge in [-0.1, -0.05) is 12.1 Å². The van der Waals surface area contributed by atoms with Crippen LogP contribution in [0.15, 0.2) is 34.8 Å². The molecule has 1 amide bonds. The molecule has 1 N–H and O–H groups in total. The number of hydrogen-bond donors (Lipinski definition) is 1. The van der Waals surface area contributed by atoms with Gasteiger partial charge in [0.1, 0.15) is 6.54 Å². The van der Waals surface area contributed by atoms with E-state index in [2.05, 4.69) is 21.2 Å². The van der Waals surface area contributed by atoms with E-state index in [0.29, 0.717) is 17.9 Å². The Morgan fingerprint density at radius 1 is 1.26 bits per heavy atom. The van der Waals surface area contributed by atoms with Crippen LogP contribution in [-0.2, 0) is 16.1 Å². The number of ether oxygens (including phenoxy) is 1. The monoisotopic (exact) mass is 378 g/mol. The molecule has 122 valence electrons. The normalized spacial score (nSPS) is 10.4. The molecule has 0 bridgehead atoms. The number of esters is 1. The summed E-state index contributed by atoms with van der Waals surface area (Å²) >= 11 is 3.40. The second-order valence-electron chi connectivity index (χ2n) is 5.12. The molecule has 0 aliphatic rings. The lowest BCUT2D eigenvalue weighted by Gasteiger charge is -2.11. The van der Waals surface area contributed by atoms with E-state index in [9.17, 15) is 9.59 Å². The molecule has 0 unspecified atom stereocenters. The number of nitrogens with one attached hydrogen (secondary N) is 1. The zero-order valence-electron chi connectivity index (χ0n) is 13.4. The van der Waals surface area contributed by atoms with Crippen molar-refractivity contribution in [1.82, 2.24) is 4.57 Å². The molecule has 0 aliphatic carbocycles. The molecule has 2 aromatic rings. The van der Waals surface area contributed by atoms with Crippen LogP contribution >= 0.6 is 15.9 Å². The van der Waals surface area contributed by atoms with Crippen molar-refractivity contribution < 1.29 is 14.3 Å². The number of amides is 1. The van der Waals surface area contributed by atoms with E-state index < -0.39 is 0 Å². The van der Waals surface area contributed by atoms with Crippen LogP contribution in [0, 0.1) is 13.8 Å². The van der Waals surface area contributed by atoms with Gasteiger partial charge in [0.2, 0.25) is 5.91 Å². The fourth-order valence-corrected chi connectivity index (χ4v) is 2.74. The number of hydrogen-bond acceptors (Lipinski definition) is 3. The van der Waals surface area contributed by atoms with Gasteiger partial charge in [0, 0.05) is 15.9 Å². The Bertz CT molecular complexity index is 737. The van der Waals surface area contributed by atoms with E-state index in [0.717, 1.165) is 15.9 Å². The lowest BCUT2D eigenvalue weighted by atomic mass is 10.2. The van der Waals surface area contributed by atoms with Crippen LogP contribution in [0.3, 0.4) is 0 Å². The van der Waals surface area contributed by atoms with Gasteiger partial charge in [-0.05, 0) is 54.9 Å². The van der Waals surface area contributed by atoms with Crippen molar-refractivity contribution >= 4 is 33.5 Å². The molecule has 23 heavy (non-hydrogen) atoms. The van der Waals surface area contributed by atoms with Crippen molar-refractivity contribution in [3.8, 4) is 0 Å². The zero-order chi connectivity index (χ0) is 17.0. The lowest BCUT2D eigenvalue weighted by Crippen LogP contribution is -2.20. The Morgan fingerprint density at radius 3 is 2.61 bits per heavy atom. The molecule has 0 fully saturated rings. The molecule has 0 aliphatic heterocycles. The zero-order valence-corrected chi connectivity index (χ0v) is 14.9. The second-order valence-corrected chi connectivity index (χ2v) is 5.97. The summed E-state index contributed by atoms with van der Waals surface area (Å²) in [5.74, 6) is -0.521. The number of carbonyl (C=O) groups is 2.